The lowest BCUT2D eigenvalue weighted by atomic mass is 9.84. The van der Waals surface area contributed by atoms with E-state index in [2.05, 4.69) is 9.80 Å². The molecule has 1 aromatic carbocycles. The fraction of sp³-hybridized carbons (Fsp3) is 0.579. The number of ether oxygens (including phenoxy) is 1. The van der Waals surface area contributed by atoms with Gasteiger partial charge in [0.25, 0.3) is 5.91 Å². The summed E-state index contributed by atoms with van der Waals surface area (Å²) >= 11 is 0. The lowest BCUT2D eigenvalue weighted by Gasteiger charge is -2.31. The molecule has 2 aliphatic rings. The molecule has 0 aromatic heterocycles. The SMILES string of the molecule is NC(=O)COc1ccc(CN2CCCN(C(=O)C3CCC3)CC2)cc1. The zero-order valence-corrected chi connectivity index (χ0v) is 14.7. The van der Waals surface area contributed by atoms with E-state index >= 15 is 0 Å². The molecule has 1 aliphatic carbocycles. The number of carbonyl (C=O) groups is 2. The molecule has 1 heterocycles. The molecule has 1 aromatic rings. The number of hydrogen-bond acceptors (Lipinski definition) is 4. The first-order chi connectivity index (χ1) is 12.1. The highest BCUT2D eigenvalue weighted by atomic mass is 16.5. The topological polar surface area (TPSA) is 75.9 Å². The molecule has 2 amide bonds. The third-order valence-electron chi connectivity index (χ3n) is 5.07. The zero-order valence-electron chi connectivity index (χ0n) is 14.7. The minimum absolute atomic E-state index is 0.101. The summed E-state index contributed by atoms with van der Waals surface area (Å²) in [5, 5.41) is 0. The highest BCUT2D eigenvalue weighted by molar-refractivity contribution is 5.79. The van der Waals surface area contributed by atoms with Crippen LogP contribution >= 0.6 is 0 Å². The average molecular weight is 345 g/mol. The minimum atomic E-state index is -0.477. The second kappa shape index (κ2) is 8.34. The van der Waals surface area contributed by atoms with Crippen LogP contribution in [0.3, 0.4) is 0 Å². The summed E-state index contributed by atoms with van der Waals surface area (Å²) in [4.78, 5) is 27.6. The van der Waals surface area contributed by atoms with E-state index in [4.69, 9.17) is 10.5 Å². The Bertz CT molecular complexity index is 598. The van der Waals surface area contributed by atoms with Crippen LogP contribution in [-0.4, -0.2) is 54.4 Å². The molecule has 1 saturated carbocycles. The van der Waals surface area contributed by atoms with Gasteiger partial charge in [-0.3, -0.25) is 14.5 Å². The van der Waals surface area contributed by atoms with E-state index in [1.54, 1.807) is 0 Å². The van der Waals surface area contributed by atoms with Crippen molar-refractivity contribution in [1.29, 1.82) is 0 Å². The van der Waals surface area contributed by atoms with Gasteiger partial charge in [0.2, 0.25) is 5.91 Å². The quantitative estimate of drug-likeness (QED) is 0.845. The van der Waals surface area contributed by atoms with E-state index in [1.807, 2.05) is 24.3 Å². The molecule has 136 valence electrons. The van der Waals surface area contributed by atoms with Gasteiger partial charge in [0, 0.05) is 38.6 Å². The number of amides is 2. The fourth-order valence-electron chi connectivity index (χ4n) is 3.37. The number of nitrogens with two attached hydrogens (primary N) is 1. The van der Waals surface area contributed by atoms with Crippen molar-refractivity contribution < 1.29 is 14.3 Å². The average Bonchev–Trinajstić information content (AvgIpc) is 2.78. The molecule has 3 rings (SSSR count). The maximum Gasteiger partial charge on any atom is 0.255 e. The van der Waals surface area contributed by atoms with Crippen LogP contribution in [0.25, 0.3) is 0 Å². The second-order valence-electron chi connectivity index (χ2n) is 6.98. The molecule has 0 bridgehead atoms. The predicted octanol–water partition coefficient (Wildman–Crippen LogP) is 1.39. The van der Waals surface area contributed by atoms with E-state index < -0.39 is 5.91 Å². The number of rotatable bonds is 6. The van der Waals surface area contributed by atoms with Crippen molar-refractivity contribution in [3.05, 3.63) is 29.8 Å². The molecule has 6 nitrogen and oxygen atoms in total. The molecule has 2 fully saturated rings. The summed E-state index contributed by atoms with van der Waals surface area (Å²) in [6.45, 7) is 4.39. The molecule has 1 saturated heterocycles. The van der Waals surface area contributed by atoms with Crippen molar-refractivity contribution in [2.45, 2.75) is 32.2 Å². The van der Waals surface area contributed by atoms with E-state index in [0.717, 1.165) is 52.0 Å². The summed E-state index contributed by atoms with van der Waals surface area (Å²) in [6, 6.07) is 7.75. The zero-order chi connectivity index (χ0) is 17.6. The summed E-state index contributed by atoms with van der Waals surface area (Å²) in [6.07, 6.45) is 4.38. The van der Waals surface area contributed by atoms with Crippen molar-refractivity contribution in [3.63, 3.8) is 0 Å². The normalized spacial score (nSPS) is 19.1. The van der Waals surface area contributed by atoms with Gasteiger partial charge >= 0.3 is 0 Å². The Morgan fingerprint density at radius 3 is 2.44 bits per heavy atom. The van der Waals surface area contributed by atoms with Crippen LogP contribution in [0.15, 0.2) is 24.3 Å². The number of nitrogens with zero attached hydrogens (tertiary/aromatic N) is 2. The Kier molecular flexibility index (Phi) is 5.91. The molecule has 0 atom stereocenters. The maximum absolute atomic E-state index is 12.4. The highest BCUT2D eigenvalue weighted by Gasteiger charge is 2.30. The number of benzene rings is 1. The third-order valence-corrected chi connectivity index (χ3v) is 5.07. The van der Waals surface area contributed by atoms with Crippen molar-refractivity contribution in [3.8, 4) is 5.75 Å². The van der Waals surface area contributed by atoms with Crippen LogP contribution in [0, 0.1) is 5.92 Å². The Labute approximate surface area is 148 Å². The standard InChI is InChI=1S/C19H27N3O3/c20-18(23)14-25-17-7-5-15(6-8-17)13-21-9-2-10-22(12-11-21)19(24)16-3-1-4-16/h5-8,16H,1-4,9-14H2,(H2,20,23). The summed E-state index contributed by atoms with van der Waals surface area (Å²) < 4.78 is 5.28. The van der Waals surface area contributed by atoms with E-state index in [9.17, 15) is 9.59 Å². The van der Waals surface area contributed by atoms with Gasteiger partial charge in [0.15, 0.2) is 6.61 Å². The van der Waals surface area contributed by atoms with Crippen molar-refractivity contribution in [2.24, 2.45) is 11.7 Å². The van der Waals surface area contributed by atoms with Gasteiger partial charge in [-0.05, 0) is 37.0 Å². The van der Waals surface area contributed by atoms with Gasteiger partial charge in [-0.15, -0.1) is 0 Å². The first-order valence-electron chi connectivity index (χ1n) is 9.13. The fourth-order valence-corrected chi connectivity index (χ4v) is 3.37. The van der Waals surface area contributed by atoms with Gasteiger partial charge in [0.05, 0.1) is 0 Å². The van der Waals surface area contributed by atoms with Gasteiger partial charge in [-0.1, -0.05) is 18.6 Å². The van der Waals surface area contributed by atoms with Crippen LogP contribution in [0.5, 0.6) is 5.75 Å². The van der Waals surface area contributed by atoms with Crippen molar-refractivity contribution in [2.75, 3.05) is 32.8 Å². The molecule has 0 radical (unpaired) electrons. The first-order valence-corrected chi connectivity index (χ1v) is 9.13. The number of primary amides is 1. The number of carbonyl (C=O) groups excluding carboxylic acids is 2. The monoisotopic (exact) mass is 345 g/mol. The van der Waals surface area contributed by atoms with Crippen LogP contribution in [0.4, 0.5) is 0 Å². The van der Waals surface area contributed by atoms with Gasteiger partial charge in [0.1, 0.15) is 5.75 Å². The van der Waals surface area contributed by atoms with E-state index in [-0.39, 0.29) is 6.61 Å². The Morgan fingerprint density at radius 2 is 1.80 bits per heavy atom. The summed E-state index contributed by atoms with van der Waals surface area (Å²) in [5.74, 6) is 0.828. The molecule has 25 heavy (non-hydrogen) atoms. The van der Waals surface area contributed by atoms with Crippen molar-refractivity contribution in [1.82, 2.24) is 9.80 Å². The van der Waals surface area contributed by atoms with Crippen LogP contribution < -0.4 is 10.5 Å². The Balaban J connectivity index is 1.48. The Hall–Kier alpha value is -2.08. The second-order valence-corrected chi connectivity index (χ2v) is 6.98. The largest absolute Gasteiger partial charge is 0.484 e. The summed E-state index contributed by atoms with van der Waals surface area (Å²) in [5.41, 5.74) is 6.27. The Morgan fingerprint density at radius 1 is 1.04 bits per heavy atom. The lowest BCUT2D eigenvalue weighted by molar-refractivity contribution is -0.138. The highest BCUT2D eigenvalue weighted by Crippen LogP contribution is 2.28. The molecular formula is C19H27N3O3. The smallest absolute Gasteiger partial charge is 0.255 e. The molecular weight excluding hydrogens is 318 g/mol. The first kappa shape index (κ1) is 17.7. The maximum atomic E-state index is 12.4. The van der Waals surface area contributed by atoms with Crippen LogP contribution in [0.1, 0.15) is 31.2 Å². The molecule has 1 aliphatic heterocycles. The predicted molar refractivity (Wildman–Crippen MR) is 94.9 cm³/mol. The molecule has 2 N–H and O–H groups in total. The molecule has 6 heteroatoms. The number of hydrogen-bond donors (Lipinski definition) is 1. The van der Waals surface area contributed by atoms with Gasteiger partial charge in [-0.25, -0.2) is 0 Å². The third kappa shape index (κ3) is 4.95. The van der Waals surface area contributed by atoms with Crippen LogP contribution in [-0.2, 0) is 16.1 Å². The molecule has 0 spiro atoms. The van der Waals surface area contributed by atoms with Gasteiger partial charge < -0.3 is 15.4 Å². The molecule has 0 unspecified atom stereocenters. The van der Waals surface area contributed by atoms with Gasteiger partial charge in [-0.2, -0.15) is 0 Å². The van der Waals surface area contributed by atoms with Crippen LogP contribution in [0.2, 0.25) is 0 Å². The van der Waals surface area contributed by atoms with E-state index in [1.165, 1.54) is 12.0 Å². The summed E-state index contributed by atoms with van der Waals surface area (Å²) in [7, 11) is 0. The minimum Gasteiger partial charge on any atom is -0.484 e. The van der Waals surface area contributed by atoms with Crippen molar-refractivity contribution >= 4 is 11.8 Å². The van der Waals surface area contributed by atoms with E-state index in [0.29, 0.717) is 17.6 Å². The lowest BCUT2D eigenvalue weighted by Crippen LogP contribution is -2.41.